The number of nitrogens with one attached hydrogen (secondary N) is 2. The van der Waals surface area contributed by atoms with Crippen molar-refractivity contribution in [2.24, 2.45) is 0 Å². The number of aromatic amines is 1. The van der Waals surface area contributed by atoms with Gasteiger partial charge in [0.25, 0.3) is 5.91 Å². The summed E-state index contributed by atoms with van der Waals surface area (Å²) in [5.41, 5.74) is 7.08. The number of piperidine rings is 1. The van der Waals surface area contributed by atoms with Crippen LogP contribution in [0.3, 0.4) is 0 Å². The molecule has 0 atom stereocenters. The van der Waals surface area contributed by atoms with Crippen LogP contribution in [-0.4, -0.2) is 54.3 Å². The van der Waals surface area contributed by atoms with E-state index in [0.717, 1.165) is 0 Å². The summed E-state index contributed by atoms with van der Waals surface area (Å²) in [7, 11) is -3.20. The molecule has 1 fully saturated rings. The fourth-order valence-electron chi connectivity index (χ4n) is 2.29. The average Bonchev–Trinajstić information content (AvgIpc) is 2.79. The third-order valence-corrected chi connectivity index (χ3v) is 5.16. The Morgan fingerprint density at radius 3 is 2.57 bits per heavy atom. The fraction of sp³-hybridized carbons (Fsp3) is 0.667. The standard InChI is InChI=1S/C12H21N5O3S/c1-3-21(19,20)16-9-4-6-17(7-5-9)12(18)11-10(13)8(2)14-15-11/h9,16H,3-7,13H2,1-2H3,(H,14,15). The summed E-state index contributed by atoms with van der Waals surface area (Å²) in [5.74, 6) is -0.150. The number of H-pyrrole nitrogens is 1. The highest BCUT2D eigenvalue weighted by molar-refractivity contribution is 7.89. The van der Waals surface area contributed by atoms with Gasteiger partial charge in [-0.05, 0) is 26.7 Å². The molecule has 2 heterocycles. The number of carbonyl (C=O) groups excluding carboxylic acids is 1. The van der Waals surface area contributed by atoms with Crippen LogP contribution in [0.25, 0.3) is 0 Å². The molecule has 118 valence electrons. The molecule has 1 aromatic heterocycles. The SMILES string of the molecule is CCS(=O)(=O)NC1CCN(C(=O)c2n[nH]c(C)c2N)CC1. The first kappa shape index (κ1) is 15.8. The van der Waals surface area contributed by atoms with Crippen LogP contribution in [0.5, 0.6) is 0 Å². The van der Waals surface area contributed by atoms with Crippen molar-refractivity contribution >= 4 is 21.6 Å². The minimum Gasteiger partial charge on any atom is -0.395 e. The molecule has 0 bridgehead atoms. The van der Waals surface area contributed by atoms with Gasteiger partial charge < -0.3 is 10.6 Å². The van der Waals surface area contributed by atoms with E-state index in [2.05, 4.69) is 14.9 Å². The van der Waals surface area contributed by atoms with Crippen molar-refractivity contribution in [3.8, 4) is 0 Å². The number of nitrogens with zero attached hydrogens (tertiary/aromatic N) is 2. The molecule has 0 unspecified atom stereocenters. The van der Waals surface area contributed by atoms with Gasteiger partial charge in [0.05, 0.1) is 17.1 Å². The molecule has 9 heteroatoms. The Bertz CT molecular complexity index is 617. The first-order valence-corrected chi connectivity index (χ1v) is 8.59. The largest absolute Gasteiger partial charge is 0.395 e. The zero-order chi connectivity index (χ0) is 15.6. The van der Waals surface area contributed by atoms with Crippen molar-refractivity contribution in [2.45, 2.75) is 32.7 Å². The molecule has 1 saturated heterocycles. The van der Waals surface area contributed by atoms with E-state index in [9.17, 15) is 13.2 Å². The normalized spacial score (nSPS) is 17.1. The summed E-state index contributed by atoms with van der Waals surface area (Å²) in [5, 5.41) is 6.62. The van der Waals surface area contributed by atoms with E-state index < -0.39 is 10.0 Å². The van der Waals surface area contributed by atoms with Gasteiger partial charge in [-0.3, -0.25) is 9.89 Å². The molecule has 1 aliphatic rings. The highest BCUT2D eigenvalue weighted by Gasteiger charge is 2.28. The number of likely N-dealkylation sites (tertiary alicyclic amines) is 1. The summed E-state index contributed by atoms with van der Waals surface area (Å²) >= 11 is 0. The Morgan fingerprint density at radius 1 is 1.48 bits per heavy atom. The zero-order valence-corrected chi connectivity index (χ0v) is 13.0. The highest BCUT2D eigenvalue weighted by atomic mass is 32.2. The van der Waals surface area contributed by atoms with Crippen LogP contribution in [-0.2, 0) is 10.0 Å². The lowest BCUT2D eigenvalue weighted by Crippen LogP contribution is -2.47. The van der Waals surface area contributed by atoms with Gasteiger partial charge in [0.1, 0.15) is 0 Å². The molecule has 2 rings (SSSR count). The summed E-state index contributed by atoms with van der Waals surface area (Å²) in [6.07, 6.45) is 1.18. The molecule has 0 aliphatic carbocycles. The molecule has 1 aliphatic heterocycles. The number of nitrogen functional groups attached to an aromatic ring is 1. The highest BCUT2D eigenvalue weighted by Crippen LogP contribution is 2.18. The quantitative estimate of drug-likeness (QED) is 0.713. The number of amides is 1. The van der Waals surface area contributed by atoms with Gasteiger partial charge in [-0.15, -0.1) is 0 Å². The van der Waals surface area contributed by atoms with Gasteiger partial charge in [-0.1, -0.05) is 0 Å². The second-order valence-electron chi connectivity index (χ2n) is 5.20. The predicted molar refractivity (Wildman–Crippen MR) is 79.3 cm³/mol. The molecule has 8 nitrogen and oxygen atoms in total. The monoisotopic (exact) mass is 315 g/mol. The molecule has 4 N–H and O–H groups in total. The molecule has 1 aromatic rings. The van der Waals surface area contributed by atoms with Crippen LogP contribution in [0.2, 0.25) is 0 Å². The molecular formula is C12H21N5O3S. The topological polar surface area (TPSA) is 121 Å². The summed E-state index contributed by atoms with van der Waals surface area (Å²) < 4.78 is 25.7. The molecule has 0 radical (unpaired) electrons. The van der Waals surface area contributed by atoms with Crippen molar-refractivity contribution < 1.29 is 13.2 Å². The van der Waals surface area contributed by atoms with E-state index in [-0.39, 0.29) is 23.4 Å². The maximum atomic E-state index is 12.3. The van der Waals surface area contributed by atoms with Crippen LogP contribution in [0.4, 0.5) is 5.69 Å². The number of aryl methyl sites for hydroxylation is 1. The first-order chi connectivity index (χ1) is 9.84. The second kappa shape index (κ2) is 6.02. The molecule has 0 aromatic carbocycles. The van der Waals surface area contributed by atoms with E-state index in [1.807, 2.05) is 0 Å². The lowest BCUT2D eigenvalue weighted by atomic mass is 10.1. The maximum absolute atomic E-state index is 12.3. The van der Waals surface area contributed by atoms with Crippen LogP contribution in [0.1, 0.15) is 35.9 Å². The zero-order valence-electron chi connectivity index (χ0n) is 12.2. The number of hydrogen-bond donors (Lipinski definition) is 3. The van der Waals surface area contributed by atoms with Gasteiger partial charge >= 0.3 is 0 Å². The van der Waals surface area contributed by atoms with Crippen molar-refractivity contribution in [3.05, 3.63) is 11.4 Å². The Kier molecular flexibility index (Phi) is 4.52. The molecule has 1 amide bonds. The second-order valence-corrected chi connectivity index (χ2v) is 7.24. The van der Waals surface area contributed by atoms with E-state index in [4.69, 9.17) is 5.73 Å². The van der Waals surface area contributed by atoms with E-state index in [1.54, 1.807) is 18.7 Å². The lowest BCUT2D eigenvalue weighted by molar-refractivity contribution is 0.0706. The van der Waals surface area contributed by atoms with Crippen LogP contribution < -0.4 is 10.5 Å². The number of nitrogens with two attached hydrogens (primary N) is 1. The van der Waals surface area contributed by atoms with Gasteiger partial charge in [-0.25, -0.2) is 13.1 Å². The maximum Gasteiger partial charge on any atom is 0.276 e. The van der Waals surface area contributed by atoms with E-state index in [1.165, 1.54) is 0 Å². The molecule has 0 spiro atoms. The molecular weight excluding hydrogens is 294 g/mol. The number of rotatable bonds is 4. The van der Waals surface area contributed by atoms with Crippen molar-refractivity contribution in [1.29, 1.82) is 0 Å². The van der Waals surface area contributed by atoms with Crippen LogP contribution in [0, 0.1) is 6.92 Å². The third kappa shape index (κ3) is 3.53. The fourth-order valence-corrected chi connectivity index (χ4v) is 3.20. The van der Waals surface area contributed by atoms with Gasteiger partial charge in [0.15, 0.2) is 5.69 Å². The van der Waals surface area contributed by atoms with Gasteiger partial charge in [-0.2, -0.15) is 5.10 Å². The van der Waals surface area contributed by atoms with Gasteiger partial charge in [0.2, 0.25) is 10.0 Å². The minimum absolute atomic E-state index is 0.0647. The Morgan fingerprint density at radius 2 is 2.10 bits per heavy atom. The summed E-state index contributed by atoms with van der Waals surface area (Å²) in [6, 6.07) is -0.114. The van der Waals surface area contributed by atoms with Gasteiger partial charge in [0, 0.05) is 19.1 Å². The number of sulfonamides is 1. The minimum atomic E-state index is -3.20. The molecule has 21 heavy (non-hydrogen) atoms. The number of carbonyl (C=O) groups is 1. The average molecular weight is 315 g/mol. The number of aromatic nitrogens is 2. The van der Waals surface area contributed by atoms with E-state index in [0.29, 0.717) is 37.3 Å². The Hall–Kier alpha value is -1.61. The molecule has 0 saturated carbocycles. The Balaban J connectivity index is 1.95. The first-order valence-electron chi connectivity index (χ1n) is 6.93. The predicted octanol–water partition coefficient (Wildman–Crippen LogP) is -0.156. The van der Waals surface area contributed by atoms with Crippen molar-refractivity contribution in [1.82, 2.24) is 19.8 Å². The van der Waals surface area contributed by atoms with Crippen LogP contribution in [0.15, 0.2) is 0 Å². The van der Waals surface area contributed by atoms with E-state index >= 15 is 0 Å². The number of hydrogen-bond acceptors (Lipinski definition) is 5. The van der Waals surface area contributed by atoms with Crippen LogP contribution >= 0.6 is 0 Å². The van der Waals surface area contributed by atoms with Crippen molar-refractivity contribution in [3.63, 3.8) is 0 Å². The summed E-state index contributed by atoms with van der Waals surface area (Å²) in [4.78, 5) is 14.0. The third-order valence-electron chi connectivity index (χ3n) is 3.71. The number of anilines is 1. The lowest BCUT2D eigenvalue weighted by Gasteiger charge is -2.31. The Labute approximate surface area is 124 Å². The summed E-state index contributed by atoms with van der Waals surface area (Å²) in [6.45, 7) is 4.33. The van der Waals surface area contributed by atoms with Crippen molar-refractivity contribution in [2.75, 3.05) is 24.6 Å². The smallest absolute Gasteiger partial charge is 0.276 e.